The van der Waals surface area contributed by atoms with Crippen molar-refractivity contribution in [2.75, 3.05) is 13.6 Å². The van der Waals surface area contributed by atoms with Crippen molar-refractivity contribution in [1.82, 2.24) is 24.8 Å². The number of aliphatic hydroxyl groups is 1. The highest BCUT2D eigenvalue weighted by molar-refractivity contribution is 6.30. The Labute approximate surface area is 187 Å². The molecular weight excluding hydrogens is 410 g/mol. The number of nitrogens with zero attached hydrogens (tertiary/aromatic N) is 4. The second-order valence-corrected chi connectivity index (χ2v) is 8.21. The van der Waals surface area contributed by atoms with Crippen LogP contribution in [-0.2, 0) is 19.6 Å². The third-order valence-electron chi connectivity index (χ3n) is 5.40. The van der Waals surface area contributed by atoms with Gasteiger partial charge in [0.15, 0.2) is 0 Å². The number of halogens is 1. The first kappa shape index (κ1) is 21.4. The molecule has 3 aromatic heterocycles. The van der Waals surface area contributed by atoms with Crippen molar-refractivity contribution in [3.05, 3.63) is 77.0 Å². The summed E-state index contributed by atoms with van der Waals surface area (Å²) in [4.78, 5) is 18.7. The Morgan fingerprint density at radius 2 is 1.87 bits per heavy atom. The molecule has 1 aromatic carbocycles. The number of aliphatic hydroxyl groups excluding tert-OH is 1. The SMILES string of the molecule is CN(CCCCc1c[nH]c(-c2nccc3c(CO)ncnc23)c1)Cc1ccc(Cl)cc1. The number of unbranched alkanes of at least 4 members (excludes halogenated alkanes) is 1. The number of nitrogens with one attached hydrogen (secondary N) is 1. The summed E-state index contributed by atoms with van der Waals surface area (Å²) in [5.74, 6) is 0. The first-order valence-electron chi connectivity index (χ1n) is 10.4. The number of benzene rings is 1. The van der Waals surface area contributed by atoms with E-state index in [9.17, 15) is 5.11 Å². The highest BCUT2D eigenvalue weighted by atomic mass is 35.5. The summed E-state index contributed by atoms with van der Waals surface area (Å²) in [6, 6.07) is 12.0. The van der Waals surface area contributed by atoms with E-state index in [1.807, 2.05) is 24.4 Å². The Hall–Kier alpha value is -2.80. The number of hydrogen-bond donors (Lipinski definition) is 2. The van der Waals surface area contributed by atoms with Gasteiger partial charge in [-0.25, -0.2) is 9.97 Å². The maximum Gasteiger partial charge on any atom is 0.116 e. The van der Waals surface area contributed by atoms with E-state index in [0.29, 0.717) is 5.69 Å². The fraction of sp³-hybridized carbons (Fsp3) is 0.292. The molecule has 0 fully saturated rings. The molecule has 0 saturated heterocycles. The Bertz CT molecular complexity index is 1140. The first-order chi connectivity index (χ1) is 15.1. The summed E-state index contributed by atoms with van der Waals surface area (Å²) in [5.41, 5.74) is 5.61. The molecule has 4 rings (SSSR count). The average Bonchev–Trinajstić information content (AvgIpc) is 3.26. The molecule has 0 bridgehead atoms. The van der Waals surface area contributed by atoms with Gasteiger partial charge in [0.05, 0.1) is 18.0 Å². The number of fused-ring (bicyclic) bond motifs is 1. The number of aromatic amines is 1. The Morgan fingerprint density at radius 1 is 1.03 bits per heavy atom. The molecule has 0 aliphatic carbocycles. The zero-order chi connectivity index (χ0) is 21.6. The smallest absolute Gasteiger partial charge is 0.116 e. The van der Waals surface area contributed by atoms with Gasteiger partial charge in [0, 0.05) is 29.3 Å². The summed E-state index contributed by atoms with van der Waals surface area (Å²) in [6.07, 6.45) is 8.50. The van der Waals surface area contributed by atoms with Crippen LogP contribution in [0.1, 0.15) is 29.7 Å². The molecule has 0 spiro atoms. The van der Waals surface area contributed by atoms with Crippen LogP contribution in [0.25, 0.3) is 22.3 Å². The van der Waals surface area contributed by atoms with E-state index >= 15 is 0 Å². The molecular formula is C24H26ClN5O. The topological polar surface area (TPSA) is 77.9 Å². The van der Waals surface area contributed by atoms with Crippen molar-refractivity contribution in [2.24, 2.45) is 0 Å². The quantitative estimate of drug-likeness (QED) is 0.375. The maximum atomic E-state index is 9.53. The number of rotatable bonds is 9. The maximum absolute atomic E-state index is 9.53. The van der Waals surface area contributed by atoms with Crippen molar-refractivity contribution >= 4 is 22.5 Å². The van der Waals surface area contributed by atoms with Crippen molar-refractivity contribution in [1.29, 1.82) is 0 Å². The second-order valence-electron chi connectivity index (χ2n) is 7.78. The summed E-state index contributed by atoms with van der Waals surface area (Å²) < 4.78 is 0. The van der Waals surface area contributed by atoms with Gasteiger partial charge >= 0.3 is 0 Å². The zero-order valence-electron chi connectivity index (χ0n) is 17.6. The van der Waals surface area contributed by atoms with Gasteiger partial charge in [0.25, 0.3) is 0 Å². The number of pyridine rings is 1. The number of hydrogen-bond acceptors (Lipinski definition) is 5. The van der Waals surface area contributed by atoms with Gasteiger partial charge in [0.2, 0.25) is 0 Å². The number of aromatic nitrogens is 4. The molecule has 2 N–H and O–H groups in total. The summed E-state index contributed by atoms with van der Waals surface area (Å²) >= 11 is 5.96. The van der Waals surface area contributed by atoms with Crippen molar-refractivity contribution in [3.63, 3.8) is 0 Å². The van der Waals surface area contributed by atoms with Crippen LogP contribution in [0.5, 0.6) is 0 Å². The van der Waals surface area contributed by atoms with Crippen LogP contribution < -0.4 is 0 Å². The van der Waals surface area contributed by atoms with Crippen molar-refractivity contribution < 1.29 is 5.11 Å². The first-order valence-corrected chi connectivity index (χ1v) is 10.8. The van der Waals surface area contributed by atoms with Gasteiger partial charge in [0.1, 0.15) is 17.5 Å². The zero-order valence-corrected chi connectivity index (χ0v) is 18.3. The largest absolute Gasteiger partial charge is 0.390 e. The Balaban J connectivity index is 1.33. The Kier molecular flexibility index (Phi) is 6.92. The van der Waals surface area contributed by atoms with Crippen LogP contribution in [0.3, 0.4) is 0 Å². The van der Waals surface area contributed by atoms with Gasteiger partial charge in [-0.15, -0.1) is 0 Å². The normalized spacial score (nSPS) is 11.5. The predicted molar refractivity (Wildman–Crippen MR) is 124 cm³/mol. The van der Waals surface area contributed by atoms with E-state index in [4.69, 9.17) is 11.6 Å². The lowest BCUT2D eigenvalue weighted by atomic mass is 10.1. The highest BCUT2D eigenvalue weighted by Gasteiger charge is 2.12. The lowest BCUT2D eigenvalue weighted by Crippen LogP contribution is -2.19. The molecule has 0 aliphatic heterocycles. The van der Waals surface area contributed by atoms with Crippen LogP contribution in [0.2, 0.25) is 5.02 Å². The van der Waals surface area contributed by atoms with Crippen LogP contribution in [-0.4, -0.2) is 43.5 Å². The second kappa shape index (κ2) is 10.0. The minimum absolute atomic E-state index is 0.120. The van der Waals surface area contributed by atoms with Crippen LogP contribution >= 0.6 is 11.6 Å². The molecule has 31 heavy (non-hydrogen) atoms. The fourth-order valence-electron chi connectivity index (χ4n) is 3.78. The van der Waals surface area contributed by atoms with E-state index < -0.39 is 0 Å². The van der Waals surface area contributed by atoms with Crippen molar-refractivity contribution in [3.8, 4) is 11.4 Å². The van der Waals surface area contributed by atoms with Gasteiger partial charge in [-0.05, 0) is 68.2 Å². The molecule has 7 heteroatoms. The lowest BCUT2D eigenvalue weighted by molar-refractivity contribution is 0.278. The van der Waals surface area contributed by atoms with Crippen molar-refractivity contribution in [2.45, 2.75) is 32.4 Å². The highest BCUT2D eigenvalue weighted by Crippen LogP contribution is 2.26. The number of aryl methyl sites for hydroxylation is 1. The third kappa shape index (κ3) is 5.28. The van der Waals surface area contributed by atoms with Gasteiger partial charge in [-0.2, -0.15) is 0 Å². The van der Waals surface area contributed by atoms with Crippen LogP contribution in [0.15, 0.2) is 55.1 Å². The van der Waals surface area contributed by atoms with Crippen LogP contribution in [0, 0.1) is 0 Å². The summed E-state index contributed by atoms with van der Waals surface area (Å²) in [6.45, 7) is 1.85. The fourth-order valence-corrected chi connectivity index (χ4v) is 3.90. The summed E-state index contributed by atoms with van der Waals surface area (Å²) in [5, 5.41) is 11.1. The molecule has 0 unspecified atom stereocenters. The molecule has 160 valence electrons. The third-order valence-corrected chi connectivity index (χ3v) is 5.66. The van der Waals surface area contributed by atoms with Gasteiger partial charge < -0.3 is 15.0 Å². The standard InChI is InChI=1S/C24H26ClN5O/c1-30(14-17-5-7-19(25)8-6-17)11-3-2-4-18-12-21(27-13-18)24-23-20(9-10-26-24)22(15-31)28-16-29-23/h5-10,12-13,16,27,31H,2-4,11,14-15H2,1H3. The van der Waals surface area contributed by atoms with E-state index in [1.54, 1.807) is 6.20 Å². The molecule has 0 radical (unpaired) electrons. The summed E-state index contributed by atoms with van der Waals surface area (Å²) in [7, 11) is 2.15. The minimum Gasteiger partial charge on any atom is -0.390 e. The molecule has 0 amide bonds. The lowest BCUT2D eigenvalue weighted by Gasteiger charge is -2.16. The molecule has 0 saturated carbocycles. The predicted octanol–water partition coefficient (Wildman–Crippen LogP) is 4.62. The molecule has 4 aromatic rings. The molecule has 6 nitrogen and oxygen atoms in total. The monoisotopic (exact) mass is 435 g/mol. The van der Waals surface area contributed by atoms with E-state index in [0.717, 1.165) is 59.7 Å². The van der Waals surface area contributed by atoms with E-state index in [1.165, 1.54) is 17.5 Å². The van der Waals surface area contributed by atoms with E-state index in [-0.39, 0.29) is 6.61 Å². The molecule has 0 atom stereocenters. The van der Waals surface area contributed by atoms with Crippen LogP contribution in [0.4, 0.5) is 0 Å². The number of H-pyrrole nitrogens is 1. The van der Waals surface area contributed by atoms with Gasteiger partial charge in [-0.1, -0.05) is 23.7 Å². The van der Waals surface area contributed by atoms with E-state index in [2.05, 4.69) is 50.1 Å². The average molecular weight is 436 g/mol. The Morgan fingerprint density at radius 3 is 2.68 bits per heavy atom. The molecule has 3 heterocycles. The van der Waals surface area contributed by atoms with Gasteiger partial charge in [-0.3, -0.25) is 4.98 Å². The molecule has 0 aliphatic rings. The minimum atomic E-state index is -0.120.